The van der Waals surface area contributed by atoms with E-state index < -0.39 is 0 Å². The number of hydrogen-bond acceptors (Lipinski definition) is 4. The third kappa shape index (κ3) is 5.08. The van der Waals surface area contributed by atoms with Crippen molar-refractivity contribution in [1.82, 2.24) is 4.57 Å². The predicted octanol–water partition coefficient (Wildman–Crippen LogP) is 14.4. The van der Waals surface area contributed by atoms with Crippen LogP contribution in [0.2, 0.25) is 0 Å². The van der Waals surface area contributed by atoms with Crippen molar-refractivity contribution in [3.63, 3.8) is 0 Å². The third-order valence-corrected chi connectivity index (χ3v) is 16.0. The third-order valence-electron chi connectivity index (χ3n) is 12.5. The van der Waals surface area contributed by atoms with Crippen molar-refractivity contribution in [1.29, 1.82) is 0 Å². The van der Waals surface area contributed by atoms with Crippen LogP contribution >= 0.6 is 34.0 Å². The molecule has 6 heteroatoms. The summed E-state index contributed by atoms with van der Waals surface area (Å²) in [6, 6.07) is 48.7. The smallest absolute Gasteiger partial charge is 0.211 e. The van der Waals surface area contributed by atoms with Gasteiger partial charge in [0.15, 0.2) is 0 Å². The Morgan fingerprint density at radius 3 is 1.83 bits per heavy atom. The zero-order valence-electron chi connectivity index (χ0n) is 33.5. The Bertz CT molecular complexity index is 3530. The van der Waals surface area contributed by atoms with E-state index in [2.05, 4.69) is 179 Å². The van der Waals surface area contributed by atoms with E-state index in [1.807, 2.05) is 34.0 Å². The molecule has 1 aliphatic rings. The zero-order chi connectivity index (χ0) is 39.2. The molecule has 0 atom stereocenters. The van der Waals surface area contributed by atoms with Crippen LogP contribution in [0, 0.1) is 0 Å². The van der Waals surface area contributed by atoms with E-state index in [0.29, 0.717) is 0 Å². The number of rotatable bonds is 3. The molecule has 0 spiro atoms. The average Bonchev–Trinajstić information content (AvgIpc) is 3.95. The quantitative estimate of drug-likeness (QED) is 0.176. The number of fused-ring (bicyclic) bond motifs is 13. The normalized spacial score (nSPS) is 13.1. The van der Waals surface area contributed by atoms with E-state index >= 15 is 0 Å². The van der Waals surface area contributed by atoms with Gasteiger partial charge >= 0.3 is 0 Å². The molecule has 0 aliphatic carbocycles. The van der Waals surface area contributed by atoms with Crippen molar-refractivity contribution >= 4 is 135 Å². The van der Waals surface area contributed by atoms with Crippen LogP contribution in [-0.4, -0.2) is 11.8 Å². The first-order valence-electron chi connectivity index (χ1n) is 20.3. The number of benzene rings is 7. The van der Waals surface area contributed by atoms with E-state index in [9.17, 15) is 0 Å². The summed E-state index contributed by atoms with van der Waals surface area (Å²) in [6.07, 6.45) is 0. The van der Waals surface area contributed by atoms with Crippen molar-refractivity contribution in [2.75, 3.05) is 5.32 Å². The second-order valence-electron chi connectivity index (χ2n) is 18.2. The highest BCUT2D eigenvalue weighted by Gasteiger charge is 2.31. The molecule has 1 N–H and O–H groups in total. The molecule has 0 saturated carbocycles. The fourth-order valence-corrected chi connectivity index (χ4v) is 12.9. The molecule has 0 unspecified atom stereocenters. The van der Waals surface area contributed by atoms with Gasteiger partial charge in [0.2, 0.25) is 7.28 Å². The molecule has 58 heavy (non-hydrogen) atoms. The van der Waals surface area contributed by atoms with Crippen molar-refractivity contribution in [3.8, 4) is 16.8 Å². The molecular formula is C52H41BN2S3. The van der Waals surface area contributed by atoms with E-state index in [1.54, 1.807) is 0 Å². The molecule has 1 aliphatic heterocycles. The van der Waals surface area contributed by atoms with Gasteiger partial charge < -0.3 is 9.88 Å². The Morgan fingerprint density at radius 2 is 1.12 bits per heavy atom. The number of hydrogen-bond donors (Lipinski definition) is 1. The van der Waals surface area contributed by atoms with Gasteiger partial charge in [0.1, 0.15) is 0 Å². The first-order chi connectivity index (χ1) is 28.0. The fraction of sp³-hybridized carbons (Fsp3) is 0.154. The minimum absolute atomic E-state index is 0.0558. The minimum atomic E-state index is 0.0558. The lowest BCUT2D eigenvalue weighted by Crippen LogP contribution is -2.35. The van der Waals surface area contributed by atoms with Crippen LogP contribution < -0.4 is 15.6 Å². The van der Waals surface area contributed by atoms with Crippen LogP contribution in [0.3, 0.4) is 0 Å². The van der Waals surface area contributed by atoms with Crippen molar-refractivity contribution in [2.45, 2.75) is 52.4 Å². The lowest BCUT2D eigenvalue weighted by Gasteiger charge is -2.23. The van der Waals surface area contributed by atoms with Gasteiger partial charge in [-0.15, -0.1) is 34.0 Å². The van der Waals surface area contributed by atoms with Crippen LogP contribution in [0.25, 0.3) is 89.1 Å². The monoisotopic (exact) mass is 800 g/mol. The second-order valence-corrected chi connectivity index (χ2v) is 21.5. The van der Waals surface area contributed by atoms with E-state index in [0.717, 1.165) is 18.7 Å². The Hall–Kier alpha value is -5.40. The molecule has 4 aromatic heterocycles. The first-order valence-corrected chi connectivity index (χ1v) is 22.7. The number of thiophene rings is 3. The largest absolute Gasteiger partial charge is 0.355 e. The average molecular weight is 801 g/mol. The van der Waals surface area contributed by atoms with Gasteiger partial charge in [-0.25, -0.2) is 0 Å². The van der Waals surface area contributed by atoms with Gasteiger partial charge in [-0.05, 0) is 98.4 Å². The van der Waals surface area contributed by atoms with Crippen LogP contribution in [0.1, 0.15) is 52.7 Å². The highest BCUT2D eigenvalue weighted by Crippen LogP contribution is 2.46. The Kier molecular flexibility index (Phi) is 7.21. The highest BCUT2D eigenvalue weighted by molar-refractivity contribution is 7.29. The van der Waals surface area contributed by atoms with Crippen LogP contribution in [0.4, 0.5) is 11.4 Å². The molecule has 5 heterocycles. The molecule has 12 rings (SSSR count). The van der Waals surface area contributed by atoms with E-state index in [4.69, 9.17) is 0 Å². The summed E-state index contributed by atoms with van der Waals surface area (Å²) in [7, 11) is 0.893. The molecule has 0 bridgehead atoms. The van der Waals surface area contributed by atoms with Gasteiger partial charge in [-0.1, -0.05) is 108 Å². The molecule has 0 fully saturated rings. The van der Waals surface area contributed by atoms with E-state index in [1.165, 1.54) is 110 Å². The standard InChI is InChI=1S/C52H41BN2S3/c1-51(2,3)28-15-18-30(19-16-28)54-40-24-37-31-11-7-9-13-42(31)56-45(37)26-35(40)33-20-21-34-36-27-46-38(32-12-8-10-14-43(32)57-46)25-41(36)55-48(34)47(33)53-50-49(55)39-23-29(52(4,5)6)17-22-44(39)58-50/h7-27,53-54H,1-6H3. The van der Waals surface area contributed by atoms with Gasteiger partial charge in [-0.2, -0.15) is 0 Å². The Labute approximate surface area is 350 Å². The number of aromatic nitrogens is 1. The molecule has 7 aromatic carbocycles. The summed E-state index contributed by atoms with van der Waals surface area (Å²) in [5.41, 5.74) is 13.1. The highest BCUT2D eigenvalue weighted by atomic mass is 32.1. The zero-order valence-corrected chi connectivity index (χ0v) is 36.0. The maximum absolute atomic E-state index is 3.95. The van der Waals surface area contributed by atoms with Crippen molar-refractivity contribution < 1.29 is 0 Å². The summed E-state index contributed by atoms with van der Waals surface area (Å²) >= 11 is 5.78. The molecule has 0 amide bonds. The molecule has 0 radical (unpaired) electrons. The summed E-state index contributed by atoms with van der Waals surface area (Å²) < 4.78 is 10.8. The van der Waals surface area contributed by atoms with Crippen LogP contribution in [-0.2, 0) is 10.8 Å². The second kappa shape index (κ2) is 12.1. The molecular weight excluding hydrogens is 760 g/mol. The van der Waals surface area contributed by atoms with Crippen molar-refractivity contribution in [2.24, 2.45) is 0 Å². The van der Waals surface area contributed by atoms with Gasteiger partial charge in [0.25, 0.3) is 0 Å². The topological polar surface area (TPSA) is 17.0 Å². The number of nitrogens with zero attached hydrogens (tertiary/aromatic N) is 1. The molecule has 0 saturated heterocycles. The Balaban J connectivity index is 1.16. The lowest BCUT2D eigenvalue weighted by atomic mass is 9.63. The number of anilines is 2. The van der Waals surface area contributed by atoms with E-state index in [-0.39, 0.29) is 10.8 Å². The lowest BCUT2D eigenvalue weighted by molar-refractivity contribution is 0.590. The maximum atomic E-state index is 3.95. The molecule has 11 aromatic rings. The molecule has 2 nitrogen and oxygen atoms in total. The summed E-state index contributed by atoms with van der Waals surface area (Å²) in [6.45, 7) is 13.8. The first kappa shape index (κ1) is 34.6. The molecule has 280 valence electrons. The van der Waals surface area contributed by atoms with Gasteiger partial charge in [-0.3, -0.25) is 0 Å². The fourth-order valence-electron chi connectivity index (χ4n) is 9.49. The minimum Gasteiger partial charge on any atom is -0.355 e. The predicted molar refractivity (Wildman–Crippen MR) is 261 cm³/mol. The van der Waals surface area contributed by atoms with Crippen LogP contribution in [0.15, 0.2) is 127 Å². The summed E-state index contributed by atoms with van der Waals surface area (Å²) in [4.78, 5) is 0. The van der Waals surface area contributed by atoms with Gasteiger partial charge in [0.05, 0.1) is 11.2 Å². The summed E-state index contributed by atoms with van der Waals surface area (Å²) in [5, 5.41) is 13.3. The Morgan fingerprint density at radius 1 is 0.483 bits per heavy atom. The van der Waals surface area contributed by atoms with Gasteiger partial charge in [0, 0.05) is 83.7 Å². The van der Waals surface area contributed by atoms with Crippen LogP contribution in [0.5, 0.6) is 0 Å². The number of nitrogens with one attached hydrogen (secondary N) is 1. The SMILES string of the molecule is CC(C)(C)c1ccc(Nc2cc3c(cc2-c2ccc4c5cc6sc7ccccc7c6cc5n5c4c2Bc2sc4ccc(C(C)(C)C)cc4c2-5)sc2ccccc23)cc1. The maximum Gasteiger partial charge on any atom is 0.211 e. The van der Waals surface area contributed by atoms with Crippen molar-refractivity contribution in [3.05, 3.63) is 139 Å². The summed E-state index contributed by atoms with van der Waals surface area (Å²) in [5.74, 6) is 0.